The van der Waals surface area contributed by atoms with Gasteiger partial charge in [0, 0.05) is 19.6 Å². The van der Waals surface area contributed by atoms with Crippen molar-refractivity contribution in [3.8, 4) is 0 Å². The summed E-state index contributed by atoms with van der Waals surface area (Å²) < 4.78 is 5.93. The minimum atomic E-state index is 0. The number of Topliss-reactive ketones (excluding diaryl/α,β-unsaturated/α-hetero) is 1. The van der Waals surface area contributed by atoms with Crippen molar-refractivity contribution in [2.24, 2.45) is 5.41 Å². The van der Waals surface area contributed by atoms with Gasteiger partial charge in [-0.15, -0.1) is 12.4 Å². The number of benzene rings is 2. The lowest BCUT2D eigenvalue weighted by molar-refractivity contribution is -0.116. The van der Waals surface area contributed by atoms with Crippen molar-refractivity contribution in [1.82, 2.24) is 4.90 Å². The fraction of sp³-hybridized carbons (Fsp3) is 0.519. The Morgan fingerprint density at radius 3 is 2.16 bits per heavy atom. The summed E-state index contributed by atoms with van der Waals surface area (Å²) in [6.07, 6.45) is 6.23. The second-order valence-corrected chi connectivity index (χ2v) is 8.92. The van der Waals surface area contributed by atoms with Gasteiger partial charge in [-0.2, -0.15) is 0 Å². The lowest BCUT2D eigenvalue weighted by Gasteiger charge is -2.42. The number of carbonyl (C=O) groups excluding carboxylic acids is 1. The van der Waals surface area contributed by atoms with Crippen LogP contribution in [0.4, 0.5) is 0 Å². The van der Waals surface area contributed by atoms with E-state index in [2.05, 4.69) is 66.4 Å². The Morgan fingerprint density at radius 2 is 1.55 bits per heavy atom. The van der Waals surface area contributed by atoms with Gasteiger partial charge in [-0.1, -0.05) is 54.6 Å². The average molecular weight is 444 g/mol. The Hall–Kier alpha value is -1.68. The molecule has 31 heavy (non-hydrogen) atoms. The molecule has 0 bridgehead atoms. The summed E-state index contributed by atoms with van der Waals surface area (Å²) in [5, 5.41) is 0. The molecule has 0 spiro atoms. The molecule has 0 aromatic heterocycles. The van der Waals surface area contributed by atoms with Gasteiger partial charge in [-0.3, -0.25) is 4.90 Å². The highest BCUT2D eigenvalue weighted by Crippen LogP contribution is 2.37. The minimum Gasteiger partial charge on any atom is -0.381 e. The van der Waals surface area contributed by atoms with E-state index in [0.29, 0.717) is 11.8 Å². The van der Waals surface area contributed by atoms with Crippen molar-refractivity contribution in [3.63, 3.8) is 0 Å². The maximum absolute atomic E-state index is 11.2. The second-order valence-electron chi connectivity index (χ2n) is 8.92. The number of hydrogen-bond donors (Lipinski definition) is 0. The van der Waals surface area contributed by atoms with Crippen molar-refractivity contribution < 1.29 is 9.53 Å². The maximum Gasteiger partial charge on any atom is 0.130 e. The molecule has 3 rings (SSSR count). The van der Waals surface area contributed by atoms with Crippen LogP contribution in [0.1, 0.15) is 56.2 Å². The fourth-order valence-corrected chi connectivity index (χ4v) is 4.41. The first-order valence-corrected chi connectivity index (χ1v) is 11.5. The van der Waals surface area contributed by atoms with E-state index in [1.165, 1.54) is 36.0 Å². The third kappa shape index (κ3) is 8.40. The number of carbonyl (C=O) groups is 1. The predicted octanol–water partition coefficient (Wildman–Crippen LogP) is 5.88. The average Bonchev–Trinajstić information content (AvgIpc) is 2.78. The SMILES string of the molecule is CCOCC1(CCc2ccccc2)CCN(Cc2ccc(CCC(C)=O)cc2)CC1.Cl. The zero-order chi connectivity index (χ0) is 21.2. The van der Waals surface area contributed by atoms with Crippen LogP contribution >= 0.6 is 12.4 Å². The van der Waals surface area contributed by atoms with E-state index in [1.807, 2.05) is 0 Å². The van der Waals surface area contributed by atoms with Gasteiger partial charge in [0.25, 0.3) is 0 Å². The number of rotatable bonds is 11. The van der Waals surface area contributed by atoms with Crippen LogP contribution in [-0.2, 0) is 28.9 Å². The van der Waals surface area contributed by atoms with Crippen molar-refractivity contribution >= 4 is 18.2 Å². The molecule has 0 unspecified atom stereocenters. The normalized spacial score (nSPS) is 15.9. The zero-order valence-electron chi connectivity index (χ0n) is 19.1. The number of ether oxygens (including phenoxy) is 1. The van der Waals surface area contributed by atoms with Gasteiger partial charge >= 0.3 is 0 Å². The molecule has 0 saturated carbocycles. The van der Waals surface area contributed by atoms with Crippen molar-refractivity contribution in [3.05, 3.63) is 71.3 Å². The number of aryl methyl sites for hydroxylation is 2. The van der Waals surface area contributed by atoms with Crippen LogP contribution in [-0.4, -0.2) is 37.0 Å². The van der Waals surface area contributed by atoms with Crippen molar-refractivity contribution in [2.45, 2.75) is 58.9 Å². The van der Waals surface area contributed by atoms with Crippen LogP contribution in [0, 0.1) is 5.41 Å². The number of halogens is 1. The van der Waals surface area contributed by atoms with Crippen LogP contribution in [0.5, 0.6) is 0 Å². The quantitative estimate of drug-likeness (QED) is 0.434. The van der Waals surface area contributed by atoms with Crippen LogP contribution in [0.2, 0.25) is 0 Å². The molecule has 2 aromatic carbocycles. The highest BCUT2D eigenvalue weighted by Gasteiger charge is 2.34. The number of hydrogen-bond acceptors (Lipinski definition) is 3. The van der Waals surface area contributed by atoms with Gasteiger partial charge in [-0.25, -0.2) is 0 Å². The van der Waals surface area contributed by atoms with Crippen LogP contribution in [0.3, 0.4) is 0 Å². The molecule has 1 aliphatic rings. The third-order valence-corrected chi connectivity index (χ3v) is 6.51. The molecule has 1 saturated heterocycles. The molecule has 1 heterocycles. The van der Waals surface area contributed by atoms with E-state index < -0.39 is 0 Å². The molecule has 0 N–H and O–H groups in total. The minimum absolute atomic E-state index is 0. The number of piperidine rings is 1. The summed E-state index contributed by atoms with van der Waals surface area (Å²) >= 11 is 0. The highest BCUT2D eigenvalue weighted by molar-refractivity contribution is 5.85. The monoisotopic (exact) mass is 443 g/mol. The van der Waals surface area contributed by atoms with E-state index >= 15 is 0 Å². The lowest BCUT2D eigenvalue weighted by Crippen LogP contribution is -2.42. The van der Waals surface area contributed by atoms with Gasteiger partial charge in [0.05, 0.1) is 6.61 Å². The molecule has 0 amide bonds. The molecule has 0 radical (unpaired) electrons. The summed E-state index contributed by atoms with van der Waals surface area (Å²) in [5.74, 6) is 0.259. The zero-order valence-corrected chi connectivity index (χ0v) is 20.0. The highest BCUT2D eigenvalue weighted by atomic mass is 35.5. The summed E-state index contributed by atoms with van der Waals surface area (Å²) in [4.78, 5) is 13.8. The van der Waals surface area contributed by atoms with Gasteiger partial charge in [-0.05, 0) is 81.1 Å². The second kappa shape index (κ2) is 13.0. The molecule has 0 aliphatic carbocycles. The van der Waals surface area contributed by atoms with Crippen LogP contribution in [0.15, 0.2) is 54.6 Å². The van der Waals surface area contributed by atoms with E-state index in [-0.39, 0.29) is 18.2 Å². The Kier molecular flexibility index (Phi) is 10.7. The smallest absolute Gasteiger partial charge is 0.130 e. The molecular weight excluding hydrogens is 406 g/mol. The fourth-order valence-electron chi connectivity index (χ4n) is 4.41. The van der Waals surface area contributed by atoms with E-state index in [1.54, 1.807) is 6.92 Å². The standard InChI is InChI=1S/C27H37NO2.ClH/c1-3-30-22-27(16-15-24-7-5-4-6-8-24)17-19-28(20-18-27)21-26-13-11-25(12-14-26)10-9-23(2)29;/h4-8,11-14H,3,9-10,15-22H2,1-2H3;1H. The molecule has 170 valence electrons. The molecule has 2 aromatic rings. The summed E-state index contributed by atoms with van der Waals surface area (Å²) in [7, 11) is 0. The number of likely N-dealkylation sites (tertiary alicyclic amines) is 1. The van der Waals surface area contributed by atoms with Gasteiger partial charge in [0.15, 0.2) is 0 Å². The lowest BCUT2D eigenvalue weighted by atomic mass is 9.74. The first-order valence-electron chi connectivity index (χ1n) is 11.5. The Balaban J connectivity index is 0.00000341. The third-order valence-electron chi connectivity index (χ3n) is 6.51. The topological polar surface area (TPSA) is 29.5 Å². The van der Waals surface area contributed by atoms with Gasteiger partial charge < -0.3 is 9.53 Å². The Labute approximate surface area is 194 Å². The van der Waals surface area contributed by atoms with Crippen LogP contribution in [0.25, 0.3) is 0 Å². The number of nitrogens with zero attached hydrogens (tertiary/aromatic N) is 1. The molecule has 1 aliphatic heterocycles. The Bertz CT molecular complexity index is 768. The first-order chi connectivity index (χ1) is 14.6. The molecule has 0 atom stereocenters. The summed E-state index contributed by atoms with van der Waals surface area (Å²) in [5.41, 5.74) is 4.35. The van der Waals surface area contributed by atoms with Crippen molar-refractivity contribution in [1.29, 1.82) is 0 Å². The van der Waals surface area contributed by atoms with E-state index in [9.17, 15) is 4.79 Å². The van der Waals surface area contributed by atoms with Crippen LogP contribution < -0.4 is 0 Å². The first kappa shape index (κ1) is 25.6. The molecule has 3 nitrogen and oxygen atoms in total. The van der Waals surface area contributed by atoms with E-state index in [4.69, 9.17) is 4.74 Å². The van der Waals surface area contributed by atoms with E-state index in [0.717, 1.165) is 45.7 Å². The summed E-state index contributed by atoms with van der Waals surface area (Å²) in [6.45, 7) is 8.72. The molecule has 1 fully saturated rings. The largest absolute Gasteiger partial charge is 0.381 e. The Morgan fingerprint density at radius 1 is 0.935 bits per heavy atom. The maximum atomic E-state index is 11.2. The van der Waals surface area contributed by atoms with Gasteiger partial charge in [0.2, 0.25) is 0 Å². The number of ketones is 1. The van der Waals surface area contributed by atoms with Gasteiger partial charge in [0.1, 0.15) is 5.78 Å². The predicted molar refractivity (Wildman–Crippen MR) is 131 cm³/mol. The summed E-state index contributed by atoms with van der Waals surface area (Å²) in [6, 6.07) is 19.7. The molecular formula is C27H38ClNO2. The molecule has 4 heteroatoms. The van der Waals surface area contributed by atoms with Crippen molar-refractivity contribution in [2.75, 3.05) is 26.3 Å².